The Labute approximate surface area is 95.4 Å². The molecule has 4 nitrogen and oxygen atoms in total. The Kier molecular flexibility index (Phi) is 3.88. The van der Waals surface area contributed by atoms with Crippen LogP contribution in [0, 0.1) is 11.3 Å². The zero-order chi connectivity index (χ0) is 13.0. The number of alkyl halides is 2. The summed E-state index contributed by atoms with van der Waals surface area (Å²) in [5.74, 6) is -0.978. The fourth-order valence-corrected chi connectivity index (χ4v) is 1.37. The summed E-state index contributed by atoms with van der Waals surface area (Å²) in [6.07, 6.45) is -2.76. The average molecular weight is 239 g/mol. The molecule has 0 heterocycles. The summed E-state index contributed by atoms with van der Waals surface area (Å²) in [7, 11) is 1.04. The van der Waals surface area contributed by atoms with Crippen molar-refractivity contribution in [1.82, 2.24) is 0 Å². The average Bonchev–Trinajstić information content (AvgIpc) is 2.35. The van der Waals surface area contributed by atoms with E-state index >= 15 is 0 Å². The summed E-state index contributed by atoms with van der Waals surface area (Å²) in [4.78, 5) is 21.9. The third-order valence-electron chi connectivity index (χ3n) is 2.14. The van der Waals surface area contributed by atoms with Crippen LogP contribution >= 0.6 is 0 Å². The molecule has 0 saturated carbocycles. The van der Waals surface area contributed by atoms with Gasteiger partial charge in [-0.2, -0.15) is 5.26 Å². The molecule has 88 valence electrons. The van der Waals surface area contributed by atoms with Crippen molar-refractivity contribution in [3.05, 3.63) is 34.4 Å². The molecule has 0 unspecified atom stereocenters. The Bertz CT molecular complexity index is 506. The van der Waals surface area contributed by atoms with Crippen LogP contribution in [0.3, 0.4) is 0 Å². The summed E-state index contributed by atoms with van der Waals surface area (Å²) in [6.45, 7) is 0. The topological polar surface area (TPSA) is 67.2 Å². The number of ether oxygens (including phenoxy) is 1. The van der Waals surface area contributed by atoms with Gasteiger partial charge in [0.15, 0.2) is 6.29 Å². The lowest BCUT2D eigenvalue weighted by Gasteiger charge is -2.10. The van der Waals surface area contributed by atoms with Gasteiger partial charge in [0.2, 0.25) is 0 Å². The molecule has 0 aromatic heterocycles. The van der Waals surface area contributed by atoms with Gasteiger partial charge in [-0.25, -0.2) is 13.6 Å². The number of methoxy groups -OCH3 is 1. The number of rotatable bonds is 3. The van der Waals surface area contributed by atoms with E-state index < -0.39 is 29.1 Å². The summed E-state index contributed by atoms with van der Waals surface area (Å²) in [6, 6.07) is 3.67. The Hall–Kier alpha value is -2.29. The zero-order valence-electron chi connectivity index (χ0n) is 8.74. The molecule has 1 rings (SSSR count). The fraction of sp³-hybridized carbons (Fsp3) is 0.182. The van der Waals surface area contributed by atoms with Crippen LogP contribution in [0.4, 0.5) is 8.78 Å². The lowest BCUT2D eigenvalue weighted by molar-refractivity contribution is 0.0589. The quantitative estimate of drug-likeness (QED) is 0.598. The first kappa shape index (κ1) is 12.8. The largest absolute Gasteiger partial charge is 0.465 e. The van der Waals surface area contributed by atoms with Gasteiger partial charge in [-0.05, 0) is 12.1 Å². The maximum atomic E-state index is 12.8. The number of benzene rings is 1. The monoisotopic (exact) mass is 239 g/mol. The van der Waals surface area contributed by atoms with Crippen LogP contribution < -0.4 is 0 Å². The molecule has 0 N–H and O–H groups in total. The molecule has 0 aliphatic carbocycles. The predicted octanol–water partition coefficient (Wildman–Crippen LogP) is 2.09. The van der Waals surface area contributed by atoms with Crippen molar-refractivity contribution >= 4 is 12.3 Å². The number of aldehydes is 1. The van der Waals surface area contributed by atoms with E-state index in [0.717, 1.165) is 19.2 Å². The Morgan fingerprint density at radius 3 is 2.59 bits per heavy atom. The van der Waals surface area contributed by atoms with Crippen molar-refractivity contribution < 1.29 is 23.1 Å². The molecule has 0 fully saturated rings. The molecule has 0 spiro atoms. The van der Waals surface area contributed by atoms with E-state index in [1.54, 1.807) is 0 Å². The van der Waals surface area contributed by atoms with E-state index in [1.165, 1.54) is 6.07 Å². The third-order valence-corrected chi connectivity index (χ3v) is 2.14. The van der Waals surface area contributed by atoms with E-state index in [9.17, 15) is 18.4 Å². The lowest BCUT2D eigenvalue weighted by atomic mass is 9.97. The van der Waals surface area contributed by atoms with Gasteiger partial charge in [-0.15, -0.1) is 0 Å². The molecule has 0 amide bonds. The standard InChI is InChI=1S/C11H7F2NO3/c1-17-11(16)7-3-2-6(5-15)8(4-14)9(7)10(12)13/h2-3,5,10H,1H3. The second-order valence-corrected chi connectivity index (χ2v) is 3.01. The minimum Gasteiger partial charge on any atom is -0.465 e. The van der Waals surface area contributed by atoms with Gasteiger partial charge in [0.1, 0.15) is 6.07 Å². The van der Waals surface area contributed by atoms with Gasteiger partial charge in [0.25, 0.3) is 6.43 Å². The highest BCUT2D eigenvalue weighted by Crippen LogP contribution is 2.28. The van der Waals surface area contributed by atoms with Crippen LogP contribution in [0.1, 0.15) is 38.3 Å². The molecule has 0 aliphatic rings. The molecule has 6 heteroatoms. The first-order valence-electron chi connectivity index (χ1n) is 4.45. The molecule has 0 atom stereocenters. The molecular weight excluding hydrogens is 232 g/mol. The van der Waals surface area contributed by atoms with Crippen molar-refractivity contribution in [2.75, 3.05) is 7.11 Å². The van der Waals surface area contributed by atoms with Crippen molar-refractivity contribution in [2.45, 2.75) is 6.43 Å². The first-order chi connectivity index (χ1) is 8.06. The van der Waals surface area contributed by atoms with Gasteiger partial charge < -0.3 is 4.74 Å². The highest BCUT2D eigenvalue weighted by molar-refractivity contribution is 5.94. The zero-order valence-corrected chi connectivity index (χ0v) is 8.74. The molecule has 0 radical (unpaired) electrons. The Balaban J connectivity index is 3.60. The van der Waals surface area contributed by atoms with Gasteiger partial charge in [-0.3, -0.25) is 4.79 Å². The molecule has 0 aliphatic heterocycles. The van der Waals surface area contributed by atoms with Crippen LogP contribution in [-0.2, 0) is 4.74 Å². The number of esters is 1. The van der Waals surface area contributed by atoms with E-state index in [0.29, 0.717) is 0 Å². The molecule has 0 bridgehead atoms. The Morgan fingerprint density at radius 2 is 2.18 bits per heavy atom. The fourth-order valence-electron chi connectivity index (χ4n) is 1.37. The highest BCUT2D eigenvalue weighted by Gasteiger charge is 2.24. The van der Waals surface area contributed by atoms with Gasteiger partial charge >= 0.3 is 5.97 Å². The second-order valence-electron chi connectivity index (χ2n) is 3.01. The van der Waals surface area contributed by atoms with Crippen LogP contribution in [0.5, 0.6) is 0 Å². The second kappa shape index (κ2) is 5.16. The third kappa shape index (κ3) is 2.28. The molecule has 17 heavy (non-hydrogen) atoms. The molecule has 1 aromatic rings. The van der Waals surface area contributed by atoms with E-state index in [4.69, 9.17) is 5.26 Å². The molecular formula is C11H7F2NO3. The molecule has 0 saturated heterocycles. The number of hydrogen-bond acceptors (Lipinski definition) is 4. The van der Waals surface area contributed by atoms with Crippen molar-refractivity contribution in [2.24, 2.45) is 0 Å². The predicted molar refractivity (Wildman–Crippen MR) is 52.8 cm³/mol. The minimum absolute atomic E-state index is 0.185. The van der Waals surface area contributed by atoms with Crippen LogP contribution in [0.2, 0.25) is 0 Å². The summed E-state index contributed by atoms with van der Waals surface area (Å²) >= 11 is 0. The van der Waals surface area contributed by atoms with Crippen molar-refractivity contribution in [1.29, 1.82) is 5.26 Å². The van der Waals surface area contributed by atoms with Crippen LogP contribution in [0.25, 0.3) is 0 Å². The summed E-state index contributed by atoms with van der Waals surface area (Å²) < 4.78 is 30.0. The number of carbonyl (C=O) groups excluding carboxylic acids is 2. The SMILES string of the molecule is COC(=O)c1ccc(C=O)c(C#N)c1C(F)F. The van der Waals surface area contributed by atoms with Crippen LogP contribution in [-0.4, -0.2) is 19.4 Å². The van der Waals surface area contributed by atoms with E-state index in [-0.39, 0.29) is 11.8 Å². The minimum atomic E-state index is -3.04. The number of hydrogen-bond donors (Lipinski definition) is 0. The smallest absolute Gasteiger partial charge is 0.338 e. The van der Waals surface area contributed by atoms with Crippen molar-refractivity contribution in [3.8, 4) is 6.07 Å². The maximum Gasteiger partial charge on any atom is 0.338 e. The molecule has 1 aromatic carbocycles. The number of nitriles is 1. The maximum absolute atomic E-state index is 12.8. The summed E-state index contributed by atoms with van der Waals surface area (Å²) in [5.41, 5.74) is -1.87. The van der Waals surface area contributed by atoms with Gasteiger partial charge in [0.05, 0.1) is 23.8 Å². The number of halogens is 2. The van der Waals surface area contributed by atoms with Gasteiger partial charge in [0, 0.05) is 5.56 Å². The highest BCUT2D eigenvalue weighted by atomic mass is 19.3. The lowest BCUT2D eigenvalue weighted by Crippen LogP contribution is -2.09. The number of carbonyl (C=O) groups is 2. The normalized spacial score (nSPS) is 9.82. The van der Waals surface area contributed by atoms with Crippen molar-refractivity contribution in [3.63, 3.8) is 0 Å². The van der Waals surface area contributed by atoms with E-state index in [1.807, 2.05) is 0 Å². The van der Waals surface area contributed by atoms with Gasteiger partial charge in [-0.1, -0.05) is 0 Å². The van der Waals surface area contributed by atoms with Crippen LogP contribution in [0.15, 0.2) is 12.1 Å². The first-order valence-corrected chi connectivity index (χ1v) is 4.45. The Morgan fingerprint density at radius 1 is 1.53 bits per heavy atom. The van der Waals surface area contributed by atoms with E-state index in [2.05, 4.69) is 4.74 Å². The number of nitrogens with zero attached hydrogens (tertiary/aromatic N) is 1. The summed E-state index contributed by atoms with van der Waals surface area (Å²) in [5, 5.41) is 8.76.